The third kappa shape index (κ3) is 4.40. The Morgan fingerprint density at radius 2 is 1.85 bits per heavy atom. The Bertz CT molecular complexity index is 893. The van der Waals surface area contributed by atoms with E-state index in [0.717, 1.165) is 33.1 Å². The van der Waals surface area contributed by atoms with Crippen molar-refractivity contribution in [2.75, 3.05) is 0 Å². The van der Waals surface area contributed by atoms with Gasteiger partial charge in [-0.25, -0.2) is 0 Å². The molecule has 0 saturated carbocycles. The maximum atomic E-state index is 6.07. The van der Waals surface area contributed by atoms with Crippen LogP contribution >= 0.6 is 23.4 Å². The molecule has 0 amide bonds. The molecule has 1 aromatic heterocycles. The maximum absolute atomic E-state index is 6.07. The highest BCUT2D eigenvalue weighted by Crippen LogP contribution is 2.27. The number of aromatic nitrogens is 3. The van der Waals surface area contributed by atoms with E-state index in [-0.39, 0.29) is 6.10 Å². The summed E-state index contributed by atoms with van der Waals surface area (Å²) in [5, 5.41) is 10.2. The van der Waals surface area contributed by atoms with E-state index >= 15 is 0 Å². The lowest BCUT2D eigenvalue weighted by molar-refractivity contribution is 0.211. The molecule has 4 nitrogen and oxygen atoms in total. The maximum Gasteiger partial charge on any atom is 0.191 e. The minimum absolute atomic E-state index is 0.207. The summed E-state index contributed by atoms with van der Waals surface area (Å²) in [7, 11) is 1.97. The third-order valence-corrected chi connectivity index (χ3v) is 5.68. The standard InChI is InChI=1S/C20H22ClN3OS/c1-13-5-7-16(8-6-13)12-26-20-23-22-19(24(20)4)15(3)25-17-9-10-18(21)14(2)11-17/h5-11,15H,12H2,1-4H3. The van der Waals surface area contributed by atoms with Gasteiger partial charge in [-0.3, -0.25) is 0 Å². The lowest BCUT2D eigenvalue weighted by Gasteiger charge is -2.15. The molecule has 1 atom stereocenters. The van der Waals surface area contributed by atoms with Crippen molar-refractivity contribution in [3.8, 4) is 5.75 Å². The average Bonchev–Trinajstić information content (AvgIpc) is 2.98. The Labute approximate surface area is 163 Å². The van der Waals surface area contributed by atoms with E-state index in [2.05, 4.69) is 41.4 Å². The van der Waals surface area contributed by atoms with Gasteiger partial charge in [0.25, 0.3) is 0 Å². The summed E-state index contributed by atoms with van der Waals surface area (Å²) in [5.41, 5.74) is 3.53. The first-order chi connectivity index (χ1) is 12.4. The van der Waals surface area contributed by atoms with Gasteiger partial charge in [-0.15, -0.1) is 10.2 Å². The minimum Gasteiger partial charge on any atom is -0.483 e. The van der Waals surface area contributed by atoms with E-state index < -0.39 is 0 Å². The summed E-state index contributed by atoms with van der Waals surface area (Å²) in [4.78, 5) is 0. The Balaban J connectivity index is 1.67. The molecule has 3 aromatic rings. The minimum atomic E-state index is -0.207. The van der Waals surface area contributed by atoms with Crippen molar-refractivity contribution in [3.63, 3.8) is 0 Å². The van der Waals surface area contributed by atoms with Crippen LogP contribution in [0, 0.1) is 13.8 Å². The van der Waals surface area contributed by atoms with Crippen molar-refractivity contribution in [3.05, 3.63) is 70.0 Å². The molecule has 2 aromatic carbocycles. The van der Waals surface area contributed by atoms with Crippen molar-refractivity contribution in [2.24, 2.45) is 7.05 Å². The molecule has 136 valence electrons. The van der Waals surface area contributed by atoms with Crippen LogP contribution in [0.1, 0.15) is 35.5 Å². The molecular weight excluding hydrogens is 366 g/mol. The number of ether oxygens (including phenoxy) is 1. The number of hydrogen-bond acceptors (Lipinski definition) is 4. The molecule has 0 N–H and O–H groups in total. The molecule has 0 aliphatic rings. The van der Waals surface area contributed by atoms with Crippen LogP contribution in [0.5, 0.6) is 5.75 Å². The molecule has 3 rings (SSSR count). The monoisotopic (exact) mass is 387 g/mol. The van der Waals surface area contributed by atoms with Gasteiger partial charge in [0.05, 0.1) is 0 Å². The SMILES string of the molecule is Cc1ccc(CSc2nnc(C(C)Oc3ccc(Cl)c(C)c3)n2C)cc1. The summed E-state index contributed by atoms with van der Waals surface area (Å²) in [6.07, 6.45) is -0.207. The second-order valence-electron chi connectivity index (χ2n) is 6.35. The molecule has 0 spiro atoms. The van der Waals surface area contributed by atoms with Crippen LogP contribution < -0.4 is 4.74 Å². The number of rotatable bonds is 6. The van der Waals surface area contributed by atoms with Gasteiger partial charge >= 0.3 is 0 Å². The normalized spacial score (nSPS) is 12.2. The fraction of sp³-hybridized carbons (Fsp3) is 0.300. The van der Waals surface area contributed by atoms with Crippen LogP contribution in [0.4, 0.5) is 0 Å². The third-order valence-electron chi connectivity index (χ3n) is 4.16. The summed E-state index contributed by atoms with van der Waals surface area (Å²) in [6.45, 7) is 6.03. The second kappa shape index (κ2) is 8.14. The van der Waals surface area contributed by atoms with Crippen molar-refractivity contribution < 1.29 is 4.74 Å². The molecule has 0 radical (unpaired) electrons. The Morgan fingerprint density at radius 1 is 1.12 bits per heavy atom. The number of benzene rings is 2. The zero-order chi connectivity index (χ0) is 18.7. The first kappa shape index (κ1) is 18.8. The van der Waals surface area contributed by atoms with Crippen LogP contribution in [-0.4, -0.2) is 14.8 Å². The van der Waals surface area contributed by atoms with E-state index in [1.54, 1.807) is 11.8 Å². The molecule has 26 heavy (non-hydrogen) atoms. The van der Waals surface area contributed by atoms with E-state index in [9.17, 15) is 0 Å². The van der Waals surface area contributed by atoms with Crippen LogP contribution in [0.3, 0.4) is 0 Å². The molecule has 0 fully saturated rings. The summed E-state index contributed by atoms with van der Waals surface area (Å²) in [5.74, 6) is 2.43. The molecule has 1 heterocycles. The Kier molecular flexibility index (Phi) is 5.89. The largest absolute Gasteiger partial charge is 0.483 e. The first-order valence-electron chi connectivity index (χ1n) is 8.44. The van der Waals surface area contributed by atoms with Crippen molar-refractivity contribution in [2.45, 2.75) is 37.8 Å². The fourth-order valence-electron chi connectivity index (χ4n) is 2.59. The van der Waals surface area contributed by atoms with E-state index in [1.165, 1.54) is 11.1 Å². The van der Waals surface area contributed by atoms with Crippen LogP contribution in [0.15, 0.2) is 47.6 Å². The average molecular weight is 388 g/mol. The first-order valence-corrected chi connectivity index (χ1v) is 9.81. The number of aryl methyl sites for hydroxylation is 2. The van der Waals surface area contributed by atoms with E-state index in [1.807, 2.05) is 43.7 Å². The van der Waals surface area contributed by atoms with Gasteiger partial charge in [-0.2, -0.15) is 0 Å². The van der Waals surface area contributed by atoms with Crippen LogP contribution in [-0.2, 0) is 12.8 Å². The number of nitrogens with zero attached hydrogens (tertiary/aromatic N) is 3. The highest BCUT2D eigenvalue weighted by molar-refractivity contribution is 7.98. The summed E-state index contributed by atoms with van der Waals surface area (Å²) < 4.78 is 8.01. The van der Waals surface area contributed by atoms with Gasteiger partial charge in [0.15, 0.2) is 17.1 Å². The highest BCUT2D eigenvalue weighted by Gasteiger charge is 2.17. The van der Waals surface area contributed by atoms with Gasteiger partial charge in [0, 0.05) is 17.8 Å². The number of thioether (sulfide) groups is 1. The molecule has 6 heteroatoms. The van der Waals surface area contributed by atoms with Crippen molar-refractivity contribution >= 4 is 23.4 Å². The molecule has 0 saturated heterocycles. The predicted octanol–water partition coefficient (Wildman–Crippen LogP) is 5.52. The van der Waals surface area contributed by atoms with E-state index in [4.69, 9.17) is 16.3 Å². The number of hydrogen-bond donors (Lipinski definition) is 0. The molecule has 0 aliphatic heterocycles. The molecule has 1 unspecified atom stereocenters. The Morgan fingerprint density at radius 3 is 2.54 bits per heavy atom. The molecule has 0 aliphatic carbocycles. The van der Waals surface area contributed by atoms with Gasteiger partial charge in [0.1, 0.15) is 5.75 Å². The van der Waals surface area contributed by atoms with Crippen molar-refractivity contribution in [1.29, 1.82) is 0 Å². The van der Waals surface area contributed by atoms with Gasteiger partial charge < -0.3 is 9.30 Å². The quantitative estimate of drug-likeness (QED) is 0.522. The smallest absolute Gasteiger partial charge is 0.191 e. The fourth-order valence-corrected chi connectivity index (χ4v) is 3.58. The second-order valence-corrected chi connectivity index (χ2v) is 7.69. The lowest BCUT2D eigenvalue weighted by Crippen LogP contribution is -2.10. The topological polar surface area (TPSA) is 39.9 Å². The molecular formula is C20H22ClN3OS. The van der Waals surface area contributed by atoms with Gasteiger partial charge in [0.2, 0.25) is 0 Å². The summed E-state index contributed by atoms with van der Waals surface area (Å²) in [6, 6.07) is 14.2. The number of halogens is 1. The zero-order valence-corrected chi connectivity index (χ0v) is 16.9. The summed E-state index contributed by atoms with van der Waals surface area (Å²) >= 11 is 7.74. The lowest BCUT2D eigenvalue weighted by atomic mass is 10.2. The molecule has 0 bridgehead atoms. The Hall–Kier alpha value is -1.98. The van der Waals surface area contributed by atoms with Crippen LogP contribution in [0.25, 0.3) is 0 Å². The van der Waals surface area contributed by atoms with Gasteiger partial charge in [-0.1, -0.05) is 53.2 Å². The zero-order valence-electron chi connectivity index (χ0n) is 15.4. The van der Waals surface area contributed by atoms with Crippen molar-refractivity contribution in [1.82, 2.24) is 14.8 Å². The van der Waals surface area contributed by atoms with Crippen LogP contribution in [0.2, 0.25) is 5.02 Å². The predicted molar refractivity (Wildman–Crippen MR) is 107 cm³/mol. The van der Waals surface area contributed by atoms with Gasteiger partial charge in [-0.05, 0) is 50.1 Å². The highest BCUT2D eigenvalue weighted by atomic mass is 35.5. The van der Waals surface area contributed by atoms with E-state index in [0.29, 0.717) is 0 Å².